The Labute approximate surface area is 136 Å². The summed E-state index contributed by atoms with van der Waals surface area (Å²) in [7, 11) is 0. The molecule has 1 aromatic heterocycles. The molecule has 2 aromatic rings. The van der Waals surface area contributed by atoms with Crippen molar-refractivity contribution >= 4 is 11.9 Å². The molecule has 5 heteroatoms. The standard InChI is InChI=1S/C18H22N2O3/c1-14(2)23-17(21)10-11-19-18(22)16-9-6-12-20(16)13-15-7-4-3-5-8-15/h3-9,12,14H,10-11,13H2,1-2H3,(H,19,22). The van der Waals surface area contributed by atoms with E-state index in [-0.39, 0.29) is 30.9 Å². The minimum atomic E-state index is -0.306. The summed E-state index contributed by atoms with van der Waals surface area (Å²) in [6, 6.07) is 13.5. The molecule has 1 aromatic carbocycles. The average Bonchev–Trinajstić information content (AvgIpc) is 2.95. The second-order valence-corrected chi connectivity index (χ2v) is 5.55. The molecule has 122 valence electrons. The second kappa shape index (κ2) is 8.17. The lowest BCUT2D eigenvalue weighted by Gasteiger charge is -2.11. The molecule has 0 bridgehead atoms. The van der Waals surface area contributed by atoms with E-state index in [0.29, 0.717) is 12.2 Å². The van der Waals surface area contributed by atoms with E-state index in [1.807, 2.05) is 47.2 Å². The van der Waals surface area contributed by atoms with E-state index in [1.54, 1.807) is 19.9 Å². The van der Waals surface area contributed by atoms with Crippen molar-refractivity contribution in [2.24, 2.45) is 0 Å². The number of hydrogen-bond acceptors (Lipinski definition) is 3. The van der Waals surface area contributed by atoms with E-state index < -0.39 is 0 Å². The van der Waals surface area contributed by atoms with Crippen LogP contribution >= 0.6 is 0 Å². The van der Waals surface area contributed by atoms with Crippen molar-refractivity contribution < 1.29 is 14.3 Å². The van der Waals surface area contributed by atoms with Crippen LogP contribution in [0.1, 0.15) is 36.3 Å². The van der Waals surface area contributed by atoms with Gasteiger partial charge in [-0.3, -0.25) is 9.59 Å². The average molecular weight is 314 g/mol. The first kappa shape index (κ1) is 16.8. The van der Waals surface area contributed by atoms with E-state index in [9.17, 15) is 9.59 Å². The number of nitrogens with zero attached hydrogens (tertiary/aromatic N) is 1. The molecule has 0 atom stereocenters. The number of amides is 1. The van der Waals surface area contributed by atoms with Crippen molar-refractivity contribution in [3.05, 3.63) is 59.9 Å². The number of esters is 1. The maximum absolute atomic E-state index is 12.2. The van der Waals surface area contributed by atoms with E-state index in [4.69, 9.17) is 4.74 Å². The monoisotopic (exact) mass is 314 g/mol. The highest BCUT2D eigenvalue weighted by Crippen LogP contribution is 2.08. The van der Waals surface area contributed by atoms with E-state index in [1.165, 1.54) is 0 Å². The van der Waals surface area contributed by atoms with Crippen LogP contribution in [0.15, 0.2) is 48.7 Å². The van der Waals surface area contributed by atoms with Crippen LogP contribution in [0, 0.1) is 0 Å². The maximum Gasteiger partial charge on any atom is 0.307 e. The third-order valence-corrected chi connectivity index (χ3v) is 3.24. The van der Waals surface area contributed by atoms with Crippen LogP contribution in [0.2, 0.25) is 0 Å². The summed E-state index contributed by atoms with van der Waals surface area (Å²) < 4.78 is 6.92. The normalized spacial score (nSPS) is 10.6. The minimum absolute atomic E-state index is 0.138. The number of carbonyl (C=O) groups excluding carboxylic acids is 2. The van der Waals surface area contributed by atoms with Crippen LogP contribution in [0.4, 0.5) is 0 Å². The predicted molar refractivity (Wildman–Crippen MR) is 88.2 cm³/mol. The zero-order chi connectivity index (χ0) is 16.7. The fourth-order valence-corrected chi connectivity index (χ4v) is 2.23. The number of aromatic nitrogens is 1. The van der Waals surface area contributed by atoms with Crippen LogP contribution in [-0.2, 0) is 16.1 Å². The van der Waals surface area contributed by atoms with Gasteiger partial charge in [-0.05, 0) is 31.5 Å². The zero-order valence-electron chi connectivity index (χ0n) is 13.5. The van der Waals surface area contributed by atoms with Gasteiger partial charge in [-0.25, -0.2) is 0 Å². The molecule has 0 aliphatic carbocycles. The van der Waals surface area contributed by atoms with Gasteiger partial charge in [0.1, 0.15) is 5.69 Å². The molecule has 0 spiro atoms. The Hall–Kier alpha value is -2.56. The molecule has 1 N–H and O–H groups in total. The zero-order valence-corrected chi connectivity index (χ0v) is 13.5. The summed E-state index contributed by atoms with van der Waals surface area (Å²) in [6.07, 6.45) is 1.90. The lowest BCUT2D eigenvalue weighted by Crippen LogP contribution is -2.29. The minimum Gasteiger partial charge on any atom is -0.463 e. The molecule has 2 rings (SSSR count). The van der Waals surface area contributed by atoms with Gasteiger partial charge in [-0.1, -0.05) is 30.3 Å². The predicted octanol–water partition coefficient (Wildman–Crippen LogP) is 2.61. The highest BCUT2D eigenvalue weighted by Gasteiger charge is 2.12. The van der Waals surface area contributed by atoms with E-state index in [2.05, 4.69) is 5.32 Å². The highest BCUT2D eigenvalue weighted by molar-refractivity contribution is 5.92. The van der Waals surface area contributed by atoms with Gasteiger partial charge in [0.05, 0.1) is 12.5 Å². The highest BCUT2D eigenvalue weighted by atomic mass is 16.5. The number of ether oxygens (including phenoxy) is 1. The van der Waals surface area contributed by atoms with Gasteiger partial charge in [-0.15, -0.1) is 0 Å². The quantitative estimate of drug-likeness (QED) is 0.799. The van der Waals surface area contributed by atoms with Crippen LogP contribution < -0.4 is 5.32 Å². The third-order valence-electron chi connectivity index (χ3n) is 3.24. The van der Waals surface area contributed by atoms with Crippen LogP contribution in [0.25, 0.3) is 0 Å². The summed E-state index contributed by atoms with van der Waals surface area (Å²) in [4.78, 5) is 23.7. The molecule has 1 heterocycles. The van der Waals surface area contributed by atoms with E-state index in [0.717, 1.165) is 5.56 Å². The first-order chi connectivity index (χ1) is 11.1. The van der Waals surface area contributed by atoms with Gasteiger partial charge in [-0.2, -0.15) is 0 Å². The Morgan fingerprint density at radius 1 is 1.13 bits per heavy atom. The smallest absolute Gasteiger partial charge is 0.307 e. The molecule has 0 fully saturated rings. The summed E-state index contributed by atoms with van der Waals surface area (Å²) in [6.45, 7) is 4.49. The molecule has 1 amide bonds. The fraction of sp³-hybridized carbons (Fsp3) is 0.333. The summed E-state index contributed by atoms with van der Waals surface area (Å²) in [5.74, 6) is -0.497. The molecule has 5 nitrogen and oxygen atoms in total. The van der Waals surface area contributed by atoms with Crippen LogP contribution in [-0.4, -0.2) is 29.1 Å². The number of nitrogens with one attached hydrogen (secondary N) is 1. The van der Waals surface area contributed by atoms with Crippen molar-refractivity contribution in [3.63, 3.8) is 0 Å². The molecule has 23 heavy (non-hydrogen) atoms. The van der Waals surface area contributed by atoms with Gasteiger partial charge in [0.2, 0.25) is 0 Å². The van der Waals surface area contributed by atoms with E-state index >= 15 is 0 Å². The van der Waals surface area contributed by atoms with Crippen molar-refractivity contribution in [3.8, 4) is 0 Å². The van der Waals surface area contributed by atoms with Gasteiger partial charge in [0, 0.05) is 19.3 Å². The van der Waals surface area contributed by atoms with Gasteiger partial charge in [0.15, 0.2) is 0 Å². The first-order valence-corrected chi connectivity index (χ1v) is 7.73. The molecule has 0 aliphatic rings. The molecule has 0 saturated carbocycles. The third kappa shape index (κ3) is 5.29. The Morgan fingerprint density at radius 2 is 1.87 bits per heavy atom. The molecule has 0 saturated heterocycles. The van der Waals surface area contributed by atoms with Crippen molar-refractivity contribution in [2.75, 3.05) is 6.54 Å². The van der Waals surface area contributed by atoms with Crippen molar-refractivity contribution in [2.45, 2.75) is 32.9 Å². The summed E-state index contributed by atoms with van der Waals surface area (Å²) in [5.41, 5.74) is 1.70. The Balaban J connectivity index is 1.88. The van der Waals surface area contributed by atoms with Crippen LogP contribution in [0.5, 0.6) is 0 Å². The maximum atomic E-state index is 12.2. The second-order valence-electron chi connectivity index (χ2n) is 5.55. The number of rotatable bonds is 7. The summed E-state index contributed by atoms with van der Waals surface area (Å²) in [5, 5.41) is 2.75. The number of benzene rings is 1. The molecule has 0 radical (unpaired) electrons. The van der Waals surface area contributed by atoms with Crippen LogP contribution in [0.3, 0.4) is 0 Å². The number of carbonyl (C=O) groups is 2. The van der Waals surface area contributed by atoms with Crippen molar-refractivity contribution in [1.82, 2.24) is 9.88 Å². The first-order valence-electron chi connectivity index (χ1n) is 7.73. The van der Waals surface area contributed by atoms with Gasteiger partial charge in [0.25, 0.3) is 5.91 Å². The van der Waals surface area contributed by atoms with Gasteiger partial charge >= 0.3 is 5.97 Å². The molecule has 0 aliphatic heterocycles. The largest absolute Gasteiger partial charge is 0.463 e. The lowest BCUT2D eigenvalue weighted by atomic mass is 10.2. The SMILES string of the molecule is CC(C)OC(=O)CCNC(=O)c1cccn1Cc1ccccc1. The fourth-order valence-electron chi connectivity index (χ4n) is 2.23. The lowest BCUT2D eigenvalue weighted by molar-refractivity contribution is -0.147. The summed E-state index contributed by atoms with van der Waals surface area (Å²) >= 11 is 0. The molecular formula is C18H22N2O3. The number of hydrogen-bond donors (Lipinski definition) is 1. The van der Waals surface area contributed by atoms with Gasteiger partial charge < -0.3 is 14.6 Å². The topological polar surface area (TPSA) is 60.3 Å². The Kier molecular flexibility index (Phi) is 5.97. The van der Waals surface area contributed by atoms with Crippen molar-refractivity contribution in [1.29, 1.82) is 0 Å². The molecule has 0 unspecified atom stereocenters. The molecular weight excluding hydrogens is 292 g/mol. The Bertz CT molecular complexity index is 647. The Morgan fingerprint density at radius 3 is 2.57 bits per heavy atom.